The van der Waals surface area contributed by atoms with Crippen molar-refractivity contribution in [1.29, 1.82) is 0 Å². The van der Waals surface area contributed by atoms with Gasteiger partial charge in [0, 0.05) is 11.3 Å². The Bertz CT molecular complexity index is 538. The van der Waals surface area contributed by atoms with Gasteiger partial charge in [0.25, 0.3) is 0 Å². The number of nitrogens with zero attached hydrogens (tertiary/aromatic N) is 1. The van der Waals surface area contributed by atoms with Gasteiger partial charge in [-0.25, -0.2) is 0 Å². The highest BCUT2D eigenvalue weighted by Crippen LogP contribution is 2.20. The van der Waals surface area contributed by atoms with Gasteiger partial charge in [0.05, 0.1) is 17.8 Å². The third kappa shape index (κ3) is 2.81. The second-order valence-corrected chi connectivity index (χ2v) is 3.71. The van der Waals surface area contributed by atoms with Gasteiger partial charge in [0.2, 0.25) is 0 Å². The van der Waals surface area contributed by atoms with Crippen LogP contribution in [0.5, 0.6) is 0 Å². The second kappa shape index (κ2) is 4.65. The minimum atomic E-state index is -0.915. The molecule has 1 heterocycles. The van der Waals surface area contributed by atoms with Crippen molar-refractivity contribution >= 4 is 11.7 Å². The van der Waals surface area contributed by atoms with Gasteiger partial charge < -0.3 is 10.8 Å². The Labute approximate surface area is 98.7 Å². The Morgan fingerprint density at radius 3 is 2.59 bits per heavy atom. The average Bonchev–Trinajstić information content (AvgIpc) is 2.28. The highest BCUT2D eigenvalue weighted by Gasteiger charge is 2.06. The first kappa shape index (κ1) is 11.1. The molecule has 1 aromatic heterocycles. The summed E-state index contributed by atoms with van der Waals surface area (Å²) in [6, 6.07) is 12.8. The molecule has 0 radical (unpaired) electrons. The Morgan fingerprint density at radius 2 is 1.94 bits per heavy atom. The van der Waals surface area contributed by atoms with Crippen LogP contribution in [-0.4, -0.2) is 16.1 Å². The predicted octanol–water partition coefficient (Wildman–Crippen LogP) is 1.96. The Morgan fingerprint density at radius 1 is 1.24 bits per heavy atom. The van der Waals surface area contributed by atoms with Gasteiger partial charge in [-0.15, -0.1) is 0 Å². The fraction of sp³-hybridized carbons (Fsp3) is 0.0769. The molecule has 0 aliphatic rings. The minimum absolute atomic E-state index is 0.120. The van der Waals surface area contributed by atoms with Crippen molar-refractivity contribution in [3.63, 3.8) is 0 Å². The summed E-state index contributed by atoms with van der Waals surface area (Å²) in [6.07, 6.45) is -0.120. The van der Waals surface area contributed by atoms with Crippen molar-refractivity contribution in [3.8, 4) is 11.3 Å². The van der Waals surface area contributed by atoms with E-state index in [1.54, 1.807) is 12.1 Å². The van der Waals surface area contributed by atoms with Gasteiger partial charge in [-0.1, -0.05) is 30.3 Å². The van der Waals surface area contributed by atoms with Crippen molar-refractivity contribution in [2.45, 2.75) is 6.42 Å². The monoisotopic (exact) mass is 228 g/mol. The van der Waals surface area contributed by atoms with E-state index in [0.717, 1.165) is 5.56 Å². The molecule has 0 bridgehead atoms. The molecule has 2 rings (SSSR count). The van der Waals surface area contributed by atoms with Crippen LogP contribution in [0.1, 0.15) is 5.69 Å². The number of rotatable bonds is 3. The summed E-state index contributed by atoms with van der Waals surface area (Å²) >= 11 is 0. The number of hydrogen-bond donors (Lipinski definition) is 2. The number of pyridine rings is 1. The molecular formula is C13H12N2O2. The summed E-state index contributed by atoms with van der Waals surface area (Å²) in [4.78, 5) is 14.9. The number of hydrogen-bond acceptors (Lipinski definition) is 3. The van der Waals surface area contributed by atoms with Crippen molar-refractivity contribution in [2.75, 3.05) is 5.73 Å². The molecule has 4 heteroatoms. The van der Waals surface area contributed by atoms with E-state index < -0.39 is 5.97 Å². The Kier molecular flexibility index (Phi) is 3.05. The van der Waals surface area contributed by atoms with E-state index in [4.69, 9.17) is 10.8 Å². The normalized spacial score (nSPS) is 10.1. The predicted molar refractivity (Wildman–Crippen MR) is 65.4 cm³/mol. The summed E-state index contributed by atoms with van der Waals surface area (Å²) in [5, 5.41) is 8.74. The van der Waals surface area contributed by atoms with E-state index in [1.165, 1.54) is 0 Å². The van der Waals surface area contributed by atoms with Gasteiger partial charge in [-0.2, -0.15) is 0 Å². The fourth-order valence-corrected chi connectivity index (χ4v) is 1.61. The second-order valence-electron chi connectivity index (χ2n) is 3.71. The molecule has 4 nitrogen and oxygen atoms in total. The number of nitrogens with two attached hydrogens (primary N) is 1. The molecule has 1 aromatic carbocycles. The lowest BCUT2D eigenvalue weighted by Crippen LogP contribution is -2.04. The zero-order chi connectivity index (χ0) is 12.3. The Balaban J connectivity index is 2.42. The summed E-state index contributed by atoms with van der Waals surface area (Å²) < 4.78 is 0. The van der Waals surface area contributed by atoms with Gasteiger partial charge in [0.1, 0.15) is 0 Å². The van der Waals surface area contributed by atoms with E-state index in [1.807, 2.05) is 30.3 Å². The van der Waals surface area contributed by atoms with Crippen LogP contribution in [0.2, 0.25) is 0 Å². The lowest BCUT2D eigenvalue weighted by Gasteiger charge is -2.05. The molecule has 0 fully saturated rings. The number of benzene rings is 1. The molecule has 86 valence electrons. The molecule has 0 unspecified atom stereocenters. The zero-order valence-corrected chi connectivity index (χ0v) is 9.13. The summed E-state index contributed by atoms with van der Waals surface area (Å²) in [5.41, 5.74) is 8.35. The fourth-order valence-electron chi connectivity index (χ4n) is 1.61. The van der Waals surface area contributed by atoms with Gasteiger partial charge in [0.15, 0.2) is 0 Å². The van der Waals surface area contributed by atoms with E-state index in [-0.39, 0.29) is 6.42 Å². The van der Waals surface area contributed by atoms with Crippen molar-refractivity contribution < 1.29 is 9.90 Å². The molecule has 0 aliphatic carbocycles. The number of carboxylic acid groups (broad SMARTS) is 1. The lowest BCUT2D eigenvalue weighted by molar-refractivity contribution is -0.136. The maximum Gasteiger partial charge on any atom is 0.309 e. The third-order valence-electron chi connectivity index (χ3n) is 2.30. The number of anilines is 1. The van der Waals surface area contributed by atoms with Crippen LogP contribution >= 0.6 is 0 Å². The first-order chi connectivity index (χ1) is 8.15. The standard InChI is InChI=1S/C13H12N2O2/c14-10-6-11(8-13(16)17)15-12(7-10)9-4-2-1-3-5-9/h1-7H,8H2,(H2,14,15)(H,16,17). The first-order valence-corrected chi connectivity index (χ1v) is 5.19. The molecule has 3 N–H and O–H groups in total. The van der Waals surface area contributed by atoms with Gasteiger partial charge in [-0.3, -0.25) is 9.78 Å². The van der Waals surface area contributed by atoms with Gasteiger partial charge >= 0.3 is 5.97 Å². The van der Waals surface area contributed by atoms with E-state index >= 15 is 0 Å². The highest BCUT2D eigenvalue weighted by atomic mass is 16.4. The highest BCUT2D eigenvalue weighted by molar-refractivity contribution is 5.71. The number of aromatic nitrogens is 1. The summed E-state index contributed by atoms with van der Waals surface area (Å²) in [6.45, 7) is 0. The van der Waals surface area contributed by atoms with Crippen LogP contribution in [0, 0.1) is 0 Å². The van der Waals surface area contributed by atoms with E-state index in [2.05, 4.69) is 4.98 Å². The third-order valence-corrected chi connectivity index (χ3v) is 2.30. The Hall–Kier alpha value is -2.36. The van der Waals surface area contributed by atoms with Gasteiger partial charge in [-0.05, 0) is 12.1 Å². The number of nitrogen functional groups attached to an aromatic ring is 1. The molecule has 0 saturated heterocycles. The van der Waals surface area contributed by atoms with Crippen LogP contribution in [0.3, 0.4) is 0 Å². The summed E-state index contributed by atoms with van der Waals surface area (Å²) in [7, 11) is 0. The number of aliphatic carboxylic acids is 1. The first-order valence-electron chi connectivity index (χ1n) is 5.19. The number of carbonyl (C=O) groups is 1. The molecule has 17 heavy (non-hydrogen) atoms. The molecular weight excluding hydrogens is 216 g/mol. The quantitative estimate of drug-likeness (QED) is 0.841. The van der Waals surface area contributed by atoms with Crippen LogP contribution in [0.4, 0.5) is 5.69 Å². The zero-order valence-electron chi connectivity index (χ0n) is 9.13. The van der Waals surface area contributed by atoms with Crippen molar-refractivity contribution in [3.05, 3.63) is 48.2 Å². The molecule has 0 saturated carbocycles. The summed E-state index contributed by atoms with van der Waals surface area (Å²) in [5.74, 6) is -0.915. The molecule has 2 aromatic rings. The topological polar surface area (TPSA) is 76.2 Å². The van der Waals surface area contributed by atoms with Crippen LogP contribution in [0.25, 0.3) is 11.3 Å². The smallest absolute Gasteiger partial charge is 0.309 e. The van der Waals surface area contributed by atoms with Crippen molar-refractivity contribution in [2.24, 2.45) is 0 Å². The SMILES string of the molecule is Nc1cc(CC(=O)O)nc(-c2ccccc2)c1. The molecule has 0 aliphatic heterocycles. The maximum absolute atomic E-state index is 10.6. The number of carboxylic acids is 1. The van der Waals surface area contributed by atoms with E-state index in [9.17, 15) is 4.79 Å². The molecule has 0 amide bonds. The molecule has 0 atom stereocenters. The maximum atomic E-state index is 10.6. The van der Waals surface area contributed by atoms with Crippen LogP contribution < -0.4 is 5.73 Å². The van der Waals surface area contributed by atoms with Crippen molar-refractivity contribution in [1.82, 2.24) is 4.98 Å². The minimum Gasteiger partial charge on any atom is -0.481 e. The average molecular weight is 228 g/mol. The largest absolute Gasteiger partial charge is 0.481 e. The lowest BCUT2D eigenvalue weighted by atomic mass is 10.1. The van der Waals surface area contributed by atoms with Crippen LogP contribution in [0.15, 0.2) is 42.5 Å². The molecule has 0 spiro atoms. The van der Waals surface area contributed by atoms with Crippen LogP contribution in [-0.2, 0) is 11.2 Å². The van der Waals surface area contributed by atoms with E-state index in [0.29, 0.717) is 17.1 Å².